The molecule has 13 heteroatoms. The van der Waals surface area contributed by atoms with E-state index in [1.165, 1.54) is 6.92 Å². The number of esters is 1. The number of fused-ring (bicyclic) bond motifs is 1. The molecule has 1 heterocycles. The first-order valence-electron chi connectivity index (χ1n) is 9.64. The largest absolute Gasteiger partial charge is 0.534 e. The molecule has 0 atom stereocenters. The summed E-state index contributed by atoms with van der Waals surface area (Å²) >= 11 is 0. The van der Waals surface area contributed by atoms with E-state index in [0.717, 1.165) is 17.1 Å². The van der Waals surface area contributed by atoms with E-state index in [4.69, 9.17) is 4.74 Å². The van der Waals surface area contributed by atoms with Crippen LogP contribution in [0.5, 0.6) is 5.75 Å². The van der Waals surface area contributed by atoms with E-state index in [9.17, 15) is 35.6 Å². The lowest BCUT2D eigenvalue weighted by Gasteiger charge is -2.28. The molecule has 1 aliphatic carbocycles. The van der Waals surface area contributed by atoms with Crippen LogP contribution in [0.15, 0.2) is 16.9 Å². The molecule has 2 aromatic rings. The summed E-state index contributed by atoms with van der Waals surface area (Å²) in [6.07, 6.45) is 3.06. The minimum Gasteiger partial charge on any atom is -0.461 e. The summed E-state index contributed by atoms with van der Waals surface area (Å²) in [4.78, 5) is 25.0. The van der Waals surface area contributed by atoms with Gasteiger partial charge in [0.15, 0.2) is 17.1 Å². The van der Waals surface area contributed by atoms with Crippen molar-refractivity contribution in [3.05, 3.63) is 39.7 Å². The molecule has 176 valence electrons. The number of rotatable bonds is 5. The Morgan fingerprint density at radius 2 is 1.78 bits per heavy atom. The van der Waals surface area contributed by atoms with Gasteiger partial charge in [-0.25, -0.2) is 13.6 Å². The van der Waals surface area contributed by atoms with Gasteiger partial charge in [-0.3, -0.25) is 4.79 Å². The number of nitrogens with zero attached hydrogens (tertiary/aromatic N) is 1. The van der Waals surface area contributed by atoms with E-state index < -0.39 is 61.4 Å². The number of carbonyl (C=O) groups is 1. The van der Waals surface area contributed by atoms with Crippen LogP contribution in [0.3, 0.4) is 0 Å². The van der Waals surface area contributed by atoms with E-state index in [-0.39, 0.29) is 12.3 Å². The van der Waals surface area contributed by atoms with Gasteiger partial charge >= 0.3 is 21.6 Å². The van der Waals surface area contributed by atoms with Gasteiger partial charge in [-0.1, -0.05) is 19.3 Å². The molecule has 1 fully saturated rings. The molecule has 0 bridgehead atoms. The van der Waals surface area contributed by atoms with Gasteiger partial charge in [0, 0.05) is 12.1 Å². The Morgan fingerprint density at radius 1 is 1.16 bits per heavy atom. The fourth-order valence-electron chi connectivity index (χ4n) is 3.72. The normalized spacial score (nSPS) is 15.7. The lowest BCUT2D eigenvalue weighted by Crippen LogP contribution is -2.29. The average Bonchev–Trinajstić information content (AvgIpc) is 2.71. The summed E-state index contributed by atoms with van der Waals surface area (Å²) < 4.78 is 100. The zero-order chi connectivity index (χ0) is 23.8. The van der Waals surface area contributed by atoms with Crippen molar-refractivity contribution in [1.29, 1.82) is 0 Å². The average molecular weight is 483 g/mol. The lowest BCUT2D eigenvalue weighted by molar-refractivity contribution is -0.0501. The Kier molecular flexibility index (Phi) is 6.50. The number of hydrogen-bond donors (Lipinski definition) is 0. The van der Waals surface area contributed by atoms with Crippen LogP contribution in [0, 0.1) is 11.6 Å². The number of aromatic nitrogens is 1. The molecule has 0 saturated heterocycles. The van der Waals surface area contributed by atoms with Crippen molar-refractivity contribution in [1.82, 2.24) is 4.57 Å². The molecule has 0 amide bonds. The van der Waals surface area contributed by atoms with Crippen molar-refractivity contribution >= 4 is 27.0 Å². The number of benzene rings is 1. The van der Waals surface area contributed by atoms with Gasteiger partial charge in [-0.15, -0.1) is 0 Å². The van der Waals surface area contributed by atoms with Gasteiger partial charge in [0.2, 0.25) is 5.75 Å². The fraction of sp³-hybridized carbons (Fsp3) is 0.474. The smallest absolute Gasteiger partial charge is 0.461 e. The van der Waals surface area contributed by atoms with E-state index in [1.54, 1.807) is 0 Å². The Morgan fingerprint density at radius 3 is 2.34 bits per heavy atom. The van der Waals surface area contributed by atoms with Crippen LogP contribution in [0.2, 0.25) is 0 Å². The molecule has 0 aliphatic heterocycles. The molecule has 1 aliphatic rings. The molecule has 3 rings (SSSR count). The molecule has 32 heavy (non-hydrogen) atoms. The van der Waals surface area contributed by atoms with E-state index in [2.05, 4.69) is 4.18 Å². The second-order valence-electron chi connectivity index (χ2n) is 7.16. The van der Waals surface area contributed by atoms with Crippen molar-refractivity contribution < 1.29 is 44.1 Å². The third-order valence-electron chi connectivity index (χ3n) is 5.08. The Balaban J connectivity index is 2.37. The highest BCUT2D eigenvalue weighted by molar-refractivity contribution is 7.88. The fourth-order valence-corrected chi connectivity index (χ4v) is 4.19. The third-order valence-corrected chi connectivity index (χ3v) is 6.04. The molecular formula is C19H18F5NO6S. The number of hydrogen-bond acceptors (Lipinski definition) is 6. The van der Waals surface area contributed by atoms with Crippen LogP contribution < -0.4 is 9.61 Å². The van der Waals surface area contributed by atoms with Gasteiger partial charge in [-0.2, -0.15) is 21.6 Å². The van der Waals surface area contributed by atoms with Crippen LogP contribution >= 0.6 is 0 Å². The first-order valence-corrected chi connectivity index (χ1v) is 11.0. The highest BCUT2D eigenvalue weighted by atomic mass is 32.2. The highest BCUT2D eigenvalue weighted by Crippen LogP contribution is 2.37. The second-order valence-corrected chi connectivity index (χ2v) is 8.69. The van der Waals surface area contributed by atoms with Gasteiger partial charge in [0.1, 0.15) is 5.69 Å². The standard InChI is InChI=1S/C19H18F5NO6S/c1-2-30-18(27)13-9-14(26)11-8-12(20)17(31-32(28,29)19(22,23)24)15(21)16(11)25(13)10-6-4-3-5-7-10/h8-10H,2-7H2,1H3. The Bertz CT molecular complexity index is 1220. The van der Waals surface area contributed by atoms with Crippen molar-refractivity contribution in [3.63, 3.8) is 0 Å². The molecule has 0 spiro atoms. The first kappa shape index (κ1) is 24.0. The summed E-state index contributed by atoms with van der Waals surface area (Å²) in [6.45, 7) is 1.41. The monoisotopic (exact) mass is 483 g/mol. The molecule has 0 N–H and O–H groups in total. The van der Waals surface area contributed by atoms with Gasteiger partial charge in [0.05, 0.1) is 17.5 Å². The molecule has 7 nitrogen and oxygen atoms in total. The summed E-state index contributed by atoms with van der Waals surface area (Å²) in [5.74, 6) is -6.51. The van der Waals surface area contributed by atoms with Crippen molar-refractivity contribution in [2.75, 3.05) is 6.61 Å². The van der Waals surface area contributed by atoms with Gasteiger partial charge in [-0.05, 0) is 25.8 Å². The maximum Gasteiger partial charge on any atom is 0.534 e. The molecular weight excluding hydrogens is 465 g/mol. The van der Waals surface area contributed by atoms with Crippen LogP contribution in [0.25, 0.3) is 10.9 Å². The van der Waals surface area contributed by atoms with Crippen molar-refractivity contribution in [2.45, 2.75) is 50.6 Å². The minimum absolute atomic E-state index is 0.0835. The van der Waals surface area contributed by atoms with E-state index >= 15 is 4.39 Å². The zero-order valence-electron chi connectivity index (χ0n) is 16.7. The van der Waals surface area contributed by atoms with E-state index in [1.807, 2.05) is 0 Å². The number of ether oxygens (including phenoxy) is 1. The molecule has 1 aromatic heterocycles. The third kappa shape index (κ3) is 4.30. The number of halogens is 5. The summed E-state index contributed by atoms with van der Waals surface area (Å²) in [6, 6.07) is 0.648. The van der Waals surface area contributed by atoms with E-state index in [0.29, 0.717) is 31.7 Å². The minimum atomic E-state index is -6.41. The van der Waals surface area contributed by atoms with Gasteiger partial charge < -0.3 is 13.5 Å². The summed E-state index contributed by atoms with van der Waals surface area (Å²) in [5.41, 5.74) is -8.07. The maximum atomic E-state index is 15.4. The predicted molar refractivity (Wildman–Crippen MR) is 102 cm³/mol. The van der Waals surface area contributed by atoms with Gasteiger partial charge in [0.25, 0.3) is 0 Å². The number of pyridine rings is 1. The first-order chi connectivity index (χ1) is 14.9. The SMILES string of the molecule is CCOC(=O)c1cc(=O)c2cc(F)c(OS(=O)(=O)C(F)(F)F)c(F)c2n1C1CCCCC1. The van der Waals surface area contributed by atoms with Crippen LogP contribution in [-0.2, 0) is 14.9 Å². The molecule has 0 unspecified atom stereocenters. The Labute approximate surface area is 178 Å². The molecule has 0 radical (unpaired) electrons. The molecule has 1 saturated carbocycles. The Hall–Kier alpha value is -2.70. The summed E-state index contributed by atoms with van der Waals surface area (Å²) in [5, 5.41) is -0.588. The number of carbonyl (C=O) groups excluding carboxylic acids is 1. The highest BCUT2D eigenvalue weighted by Gasteiger charge is 2.49. The van der Waals surface area contributed by atoms with Crippen LogP contribution in [-0.4, -0.2) is 31.1 Å². The zero-order valence-corrected chi connectivity index (χ0v) is 17.5. The second kappa shape index (κ2) is 8.68. The maximum absolute atomic E-state index is 15.4. The molecule has 1 aromatic carbocycles. The lowest BCUT2D eigenvalue weighted by atomic mass is 9.94. The topological polar surface area (TPSA) is 91.7 Å². The quantitative estimate of drug-likeness (QED) is 0.274. The van der Waals surface area contributed by atoms with Crippen molar-refractivity contribution in [3.8, 4) is 5.75 Å². The van der Waals surface area contributed by atoms with Crippen LogP contribution in [0.4, 0.5) is 22.0 Å². The predicted octanol–water partition coefficient (Wildman–Crippen LogP) is 4.19. The number of alkyl halides is 3. The summed E-state index contributed by atoms with van der Waals surface area (Å²) in [7, 11) is -6.41. The van der Waals surface area contributed by atoms with Crippen LogP contribution in [0.1, 0.15) is 55.6 Å². The van der Waals surface area contributed by atoms with Crippen molar-refractivity contribution in [2.24, 2.45) is 0 Å².